The minimum atomic E-state index is -3.64. The highest BCUT2D eigenvalue weighted by molar-refractivity contribution is 7.91. The van der Waals surface area contributed by atoms with E-state index in [9.17, 15) is 27.5 Å². The van der Waals surface area contributed by atoms with Crippen LogP contribution >= 0.6 is 0 Å². The molecule has 2 N–H and O–H groups in total. The summed E-state index contributed by atoms with van der Waals surface area (Å²) in [6, 6.07) is 11.6. The van der Waals surface area contributed by atoms with Crippen molar-refractivity contribution >= 4 is 21.7 Å². The predicted octanol–water partition coefficient (Wildman–Crippen LogP) is 1.80. The van der Waals surface area contributed by atoms with Gasteiger partial charge in [-0.05, 0) is 36.2 Å². The van der Waals surface area contributed by atoms with Crippen LogP contribution < -0.4 is 5.32 Å². The van der Waals surface area contributed by atoms with E-state index in [1.807, 2.05) is 0 Å². The van der Waals surface area contributed by atoms with Crippen molar-refractivity contribution in [3.63, 3.8) is 0 Å². The van der Waals surface area contributed by atoms with Crippen LogP contribution in [0, 0.1) is 5.82 Å². The van der Waals surface area contributed by atoms with Crippen LogP contribution in [0.15, 0.2) is 59.5 Å². The first-order valence-electron chi connectivity index (χ1n) is 7.82. The fraction of sp³-hybridized carbons (Fsp3) is 0.222. The van der Waals surface area contributed by atoms with Gasteiger partial charge in [0.05, 0.1) is 17.1 Å². The van der Waals surface area contributed by atoms with Crippen molar-refractivity contribution in [3.05, 3.63) is 66.0 Å². The second kappa shape index (κ2) is 8.57. The molecule has 2 aromatic rings. The van der Waals surface area contributed by atoms with Crippen molar-refractivity contribution in [2.24, 2.45) is 0 Å². The molecule has 0 unspecified atom stereocenters. The lowest BCUT2D eigenvalue weighted by Gasteiger charge is -2.15. The Morgan fingerprint density at radius 2 is 1.65 bits per heavy atom. The highest BCUT2D eigenvalue weighted by Crippen LogP contribution is 2.12. The summed E-state index contributed by atoms with van der Waals surface area (Å²) in [4.78, 5) is 23.4. The van der Waals surface area contributed by atoms with Gasteiger partial charge in [-0.1, -0.05) is 30.3 Å². The van der Waals surface area contributed by atoms with E-state index in [2.05, 4.69) is 5.32 Å². The first kappa shape index (κ1) is 19.6. The van der Waals surface area contributed by atoms with E-state index >= 15 is 0 Å². The Kier molecular flexibility index (Phi) is 6.46. The molecule has 0 bridgehead atoms. The lowest BCUT2D eigenvalue weighted by molar-refractivity contribution is -0.141. The van der Waals surface area contributed by atoms with Gasteiger partial charge in [0, 0.05) is 0 Å². The number of nitrogens with one attached hydrogen (secondary N) is 1. The van der Waals surface area contributed by atoms with E-state index in [0.29, 0.717) is 5.56 Å². The topological polar surface area (TPSA) is 101 Å². The Bertz CT molecular complexity index is 866. The molecule has 0 saturated carbocycles. The van der Waals surface area contributed by atoms with Gasteiger partial charge in [0.25, 0.3) is 0 Å². The minimum Gasteiger partial charge on any atom is -0.480 e. The van der Waals surface area contributed by atoms with Crippen molar-refractivity contribution in [1.29, 1.82) is 0 Å². The number of aliphatic carboxylic acids is 1. The SMILES string of the molecule is O=C(Cc1ccc(F)cc1)N[C@@H](CCS(=O)(=O)c1ccccc1)C(=O)O. The Hall–Kier alpha value is -2.74. The summed E-state index contributed by atoms with van der Waals surface area (Å²) in [7, 11) is -3.64. The Labute approximate surface area is 150 Å². The van der Waals surface area contributed by atoms with Crippen LogP contribution in [0.5, 0.6) is 0 Å². The van der Waals surface area contributed by atoms with Gasteiger partial charge in [-0.25, -0.2) is 17.6 Å². The standard InChI is InChI=1S/C18H18FNO5S/c19-14-8-6-13(7-9-14)12-17(21)20-16(18(22)23)10-11-26(24,25)15-4-2-1-3-5-15/h1-9,16H,10-12H2,(H,20,21)(H,22,23)/t16-/m0/s1. The number of hydrogen-bond donors (Lipinski definition) is 2. The zero-order chi connectivity index (χ0) is 19.2. The van der Waals surface area contributed by atoms with E-state index < -0.39 is 39.3 Å². The smallest absolute Gasteiger partial charge is 0.326 e. The summed E-state index contributed by atoms with van der Waals surface area (Å²) in [6.07, 6.45) is -0.392. The van der Waals surface area contributed by atoms with Crippen molar-refractivity contribution in [3.8, 4) is 0 Å². The maximum absolute atomic E-state index is 12.9. The van der Waals surface area contributed by atoms with Crippen LogP contribution in [-0.2, 0) is 25.8 Å². The third kappa shape index (κ3) is 5.66. The van der Waals surface area contributed by atoms with Crippen molar-refractivity contribution in [1.82, 2.24) is 5.32 Å². The van der Waals surface area contributed by atoms with Gasteiger partial charge in [0.1, 0.15) is 11.9 Å². The summed E-state index contributed by atoms with van der Waals surface area (Å²) in [5.74, 6) is -2.75. The highest BCUT2D eigenvalue weighted by Gasteiger charge is 2.24. The summed E-state index contributed by atoms with van der Waals surface area (Å²) in [5, 5.41) is 11.5. The van der Waals surface area contributed by atoms with E-state index in [0.717, 1.165) is 0 Å². The van der Waals surface area contributed by atoms with E-state index in [1.54, 1.807) is 18.2 Å². The van der Waals surface area contributed by atoms with Gasteiger partial charge in [-0.15, -0.1) is 0 Å². The molecular formula is C18H18FNO5S. The molecule has 2 aromatic carbocycles. The molecule has 1 atom stereocenters. The number of rotatable bonds is 8. The normalized spacial score (nSPS) is 12.3. The van der Waals surface area contributed by atoms with Crippen molar-refractivity contribution < 1.29 is 27.5 Å². The minimum absolute atomic E-state index is 0.0989. The fourth-order valence-electron chi connectivity index (χ4n) is 2.31. The molecule has 6 nitrogen and oxygen atoms in total. The molecule has 0 radical (unpaired) electrons. The fourth-order valence-corrected chi connectivity index (χ4v) is 3.66. The van der Waals surface area contributed by atoms with E-state index in [4.69, 9.17) is 0 Å². The summed E-state index contributed by atoms with van der Waals surface area (Å²) >= 11 is 0. The third-order valence-electron chi connectivity index (χ3n) is 3.69. The number of hydrogen-bond acceptors (Lipinski definition) is 4. The molecule has 0 aromatic heterocycles. The Morgan fingerprint density at radius 3 is 2.23 bits per heavy atom. The molecule has 0 saturated heterocycles. The maximum Gasteiger partial charge on any atom is 0.326 e. The molecule has 8 heteroatoms. The second-order valence-corrected chi connectivity index (χ2v) is 7.79. The predicted molar refractivity (Wildman–Crippen MR) is 92.8 cm³/mol. The van der Waals surface area contributed by atoms with Crippen LogP contribution in [0.1, 0.15) is 12.0 Å². The third-order valence-corrected chi connectivity index (χ3v) is 5.45. The number of carboxylic acids is 1. The first-order chi connectivity index (χ1) is 12.3. The van der Waals surface area contributed by atoms with Crippen molar-refractivity contribution in [2.45, 2.75) is 23.8 Å². The van der Waals surface area contributed by atoms with Gasteiger partial charge < -0.3 is 10.4 Å². The number of amides is 1. The van der Waals surface area contributed by atoms with Crippen LogP contribution in [-0.4, -0.2) is 37.2 Å². The Balaban J connectivity index is 1.97. The highest BCUT2D eigenvalue weighted by atomic mass is 32.2. The average molecular weight is 379 g/mol. The molecule has 0 aliphatic rings. The van der Waals surface area contributed by atoms with Crippen molar-refractivity contribution in [2.75, 3.05) is 5.75 Å². The van der Waals surface area contributed by atoms with Gasteiger partial charge in [-0.3, -0.25) is 4.79 Å². The van der Waals surface area contributed by atoms with Gasteiger partial charge >= 0.3 is 5.97 Å². The van der Waals surface area contributed by atoms with E-state index in [-0.39, 0.29) is 17.7 Å². The molecule has 2 rings (SSSR count). The van der Waals surface area contributed by atoms with Crippen LogP contribution in [0.4, 0.5) is 4.39 Å². The lowest BCUT2D eigenvalue weighted by Crippen LogP contribution is -2.42. The second-order valence-electron chi connectivity index (χ2n) is 5.68. The molecule has 26 heavy (non-hydrogen) atoms. The zero-order valence-electron chi connectivity index (χ0n) is 13.8. The number of sulfone groups is 1. The monoisotopic (exact) mass is 379 g/mol. The van der Waals surface area contributed by atoms with E-state index in [1.165, 1.54) is 36.4 Å². The zero-order valence-corrected chi connectivity index (χ0v) is 14.6. The van der Waals surface area contributed by atoms with Gasteiger partial charge in [0.15, 0.2) is 9.84 Å². The number of benzene rings is 2. The quantitative estimate of drug-likeness (QED) is 0.728. The molecule has 0 aliphatic carbocycles. The molecule has 0 spiro atoms. The summed E-state index contributed by atoms with van der Waals surface area (Å²) < 4.78 is 37.3. The number of carboxylic acid groups (broad SMARTS) is 1. The molecule has 0 aliphatic heterocycles. The first-order valence-corrected chi connectivity index (χ1v) is 9.47. The molecule has 0 fully saturated rings. The van der Waals surface area contributed by atoms with Crippen LogP contribution in [0.3, 0.4) is 0 Å². The van der Waals surface area contributed by atoms with Gasteiger partial charge in [0.2, 0.25) is 5.91 Å². The largest absolute Gasteiger partial charge is 0.480 e. The average Bonchev–Trinajstić information content (AvgIpc) is 2.61. The van der Waals surface area contributed by atoms with Crippen LogP contribution in [0.25, 0.3) is 0 Å². The number of carbonyl (C=O) groups excluding carboxylic acids is 1. The summed E-state index contributed by atoms with van der Waals surface area (Å²) in [5.41, 5.74) is 0.518. The van der Waals surface area contributed by atoms with Crippen LogP contribution in [0.2, 0.25) is 0 Å². The number of halogens is 1. The molecular weight excluding hydrogens is 361 g/mol. The molecule has 138 valence electrons. The number of carbonyl (C=O) groups is 2. The molecule has 1 amide bonds. The lowest BCUT2D eigenvalue weighted by atomic mass is 10.1. The Morgan fingerprint density at radius 1 is 1.04 bits per heavy atom. The van der Waals surface area contributed by atoms with Gasteiger partial charge in [-0.2, -0.15) is 0 Å². The maximum atomic E-state index is 12.9. The summed E-state index contributed by atoms with van der Waals surface area (Å²) in [6.45, 7) is 0. The molecule has 0 heterocycles.